The van der Waals surface area contributed by atoms with Crippen molar-refractivity contribution in [3.05, 3.63) is 69.7 Å². The predicted molar refractivity (Wildman–Crippen MR) is 90.8 cm³/mol. The maximum absolute atomic E-state index is 11.5. The Morgan fingerprint density at radius 2 is 1.45 bits per heavy atom. The van der Waals surface area contributed by atoms with Gasteiger partial charge in [0.15, 0.2) is 0 Å². The maximum Gasteiger partial charge on any atom is 0.139 e. The molecule has 114 valence electrons. The average Bonchev–Trinajstić information content (AvgIpc) is 2.95. The van der Waals surface area contributed by atoms with Crippen LogP contribution in [-0.4, -0.2) is 36.0 Å². The van der Waals surface area contributed by atoms with Gasteiger partial charge in [0.05, 0.1) is 6.34 Å². The predicted octanol–water partition coefficient (Wildman–Crippen LogP) is 3.57. The third-order valence-corrected chi connectivity index (χ3v) is 4.46. The second kappa shape index (κ2) is 5.92. The molecule has 1 aliphatic heterocycles. The molecular formula is C17H16Cl2N2O. The fraction of sp³-hybridized carbons (Fsp3) is 0.235. The lowest BCUT2D eigenvalue weighted by Gasteiger charge is -2.33. The topological polar surface area (TPSA) is 35.8 Å². The number of hydrogen-bond acceptors (Lipinski definition) is 3. The lowest BCUT2D eigenvalue weighted by atomic mass is 9.80. The molecule has 2 aromatic carbocycles. The largest absolute Gasteiger partial charge is 0.378 e. The molecule has 0 bridgehead atoms. The second-order valence-electron chi connectivity index (χ2n) is 5.50. The van der Waals surface area contributed by atoms with Crippen molar-refractivity contribution in [3.8, 4) is 0 Å². The molecule has 5 heteroatoms. The van der Waals surface area contributed by atoms with Crippen LogP contribution in [0.1, 0.15) is 11.1 Å². The van der Waals surface area contributed by atoms with Gasteiger partial charge in [0.25, 0.3) is 0 Å². The lowest BCUT2D eigenvalue weighted by Crippen LogP contribution is -2.42. The van der Waals surface area contributed by atoms with E-state index in [0.29, 0.717) is 16.6 Å². The third-order valence-electron chi connectivity index (χ3n) is 3.96. The Balaban J connectivity index is 2.11. The van der Waals surface area contributed by atoms with Crippen molar-refractivity contribution in [2.75, 3.05) is 13.6 Å². The summed E-state index contributed by atoms with van der Waals surface area (Å²) in [6, 6.07) is 14.2. The van der Waals surface area contributed by atoms with Crippen molar-refractivity contribution < 1.29 is 5.11 Å². The second-order valence-corrected chi connectivity index (χ2v) is 6.37. The fourth-order valence-electron chi connectivity index (χ4n) is 2.76. The molecule has 1 atom stereocenters. The molecule has 2 aromatic rings. The van der Waals surface area contributed by atoms with Crippen LogP contribution in [0.4, 0.5) is 0 Å². The Labute approximate surface area is 139 Å². The molecule has 0 aliphatic carbocycles. The van der Waals surface area contributed by atoms with Crippen LogP contribution in [-0.2, 0) is 5.60 Å². The van der Waals surface area contributed by atoms with Gasteiger partial charge in [-0.15, -0.1) is 0 Å². The quantitative estimate of drug-likeness (QED) is 0.931. The van der Waals surface area contributed by atoms with Crippen molar-refractivity contribution >= 4 is 29.5 Å². The number of hydrogen-bond donors (Lipinski definition) is 1. The molecule has 0 radical (unpaired) electrons. The summed E-state index contributed by atoms with van der Waals surface area (Å²) >= 11 is 11.9. The summed E-state index contributed by atoms with van der Waals surface area (Å²) in [4.78, 5) is 6.43. The zero-order valence-electron chi connectivity index (χ0n) is 12.1. The minimum atomic E-state index is -1.23. The minimum Gasteiger partial charge on any atom is -0.378 e. The van der Waals surface area contributed by atoms with Gasteiger partial charge in [-0.05, 0) is 35.4 Å². The van der Waals surface area contributed by atoms with Gasteiger partial charge in [-0.1, -0.05) is 47.5 Å². The number of aliphatic imine (C=N–C) groups is 1. The van der Waals surface area contributed by atoms with E-state index in [0.717, 1.165) is 11.1 Å². The smallest absolute Gasteiger partial charge is 0.139 e. The van der Waals surface area contributed by atoms with Crippen molar-refractivity contribution in [3.63, 3.8) is 0 Å². The highest BCUT2D eigenvalue weighted by atomic mass is 35.5. The Kier molecular flexibility index (Phi) is 4.13. The van der Waals surface area contributed by atoms with Crippen LogP contribution in [0.2, 0.25) is 10.0 Å². The summed E-state index contributed by atoms with van der Waals surface area (Å²) in [6.07, 6.45) is 1.75. The molecule has 1 heterocycles. The molecule has 0 saturated carbocycles. The molecule has 0 aromatic heterocycles. The molecule has 3 nitrogen and oxygen atoms in total. The molecule has 22 heavy (non-hydrogen) atoms. The molecule has 0 saturated heterocycles. The molecule has 3 rings (SSSR count). The summed E-state index contributed by atoms with van der Waals surface area (Å²) < 4.78 is 0. The van der Waals surface area contributed by atoms with Crippen molar-refractivity contribution in [1.82, 2.24) is 4.90 Å². The van der Waals surface area contributed by atoms with Crippen LogP contribution in [0.3, 0.4) is 0 Å². The molecule has 0 fully saturated rings. The number of halogens is 2. The highest BCUT2D eigenvalue weighted by molar-refractivity contribution is 6.30. The number of benzene rings is 2. The highest BCUT2D eigenvalue weighted by Crippen LogP contribution is 2.37. The number of rotatable bonds is 3. The fourth-order valence-corrected chi connectivity index (χ4v) is 3.01. The number of aliphatic hydroxyl groups is 1. The van der Waals surface area contributed by atoms with Crippen LogP contribution in [0.15, 0.2) is 53.5 Å². The first kappa shape index (κ1) is 15.3. The van der Waals surface area contributed by atoms with Crippen LogP contribution >= 0.6 is 23.2 Å². The minimum absolute atomic E-state index is 0.292. The highest BCUT2D eigenvalue weighted by Gasteiger charge is 2.42. The van der Waals surface area contributed by atoms with Gasteiger partial charge in [0, 0.05) is 23.6 Å². The van der Waals surface area contributed by atoms with Gasteiger partial charge in [-0.2, -0.15) is 0 Å². The van der Waals surface area contributed by atoms with E-state index in [9.17, 15) is 5.11 Å². The SMILES string of the molecule is CN1C=NC(C(O)(c2ccc(Cl)cc2)c2ccc(Cl)cc2)C1. The van der Waals surface area contributed by atoms with E-state index in [1.165, 1.54) is 0 Å². The first-order valence-corrected chi connectivity index (χ1v) is 7.74. The summed E-state index contributed by atoms with van der Waals surface area (Å²) in [5.74, 6) is 0. The van der Waals surface area contributed by atoms with E-state index in [-0.39, 0.29) is 6.04 Å². The van der Waals surface area contributed by atoms with Crippen LogP contribution < -0.4 is 0 Å². The summed E-state index contributed by atoms with van der Waals surface area (Å²) in [6.45, 7) is 0.641. The molecular weight excluding hydrogens is 319 g/mol. The van der Waals surface area contributed by atoms with E-state index < -0.39 is 5.60 Å². The van der Waals surface area contributed by atoms with Crippen molar-refractivity contribution in [2.45, 2.75) is 11.6 Å². The monoisotopic (exact) mass is 334 g/mol. The lowest BCUT2D eigenvalue weighted by molar-refractivity contribution is 0.0521. The summed E-state index contributed by atoms with van der Waals surface area (Å²) in [5.41, 5.74) is 0.296. The van der Waals surface area contributed by atoms with Gasteiger partial charge >= 0.3 is 0 Å². The Hall–Kier alpha value is -1.55. The van der Waals surface area contributed by atoms with E-state index in [2.05, 4.69) is 4.99 Å². The standard InChI is InChI=1S/C17H16Cl2N2O/c1-21-10-16(20-11-21)17(22,12-2-6-14(18)7-3-12)13-4-8-15(19)9-5-13/h2-9,11,16,22H,10H2,1H3. The molecule has 1 aliphatic rings. The summed E-state index contributed by atoms with van der Waals surface area (Å²) in [7, 11) is 1.94. The van der Waals surface area contributed by atoms with Gasteiger partial charge in [-0.3, -0.25) is 4.99 Å². The van der Waals surface area contributed by atoms with Crippen LogP contribution in [0.25, 0.3) is 0 Å². The Morgan fingerprint density at radius 1 is 1.00 bits per heavy atom. The summed E-state index contributed by atoms with van der Waals surface area (Å²) in [5, 5.41) is 12.8. The molecule has 0 amide bonds. The first-order chi connectivity index (χ1) is 10.5. The number of nitrogens with zero attached hydrogens (tertiary/aromatic N) is 2. The van der Waals surface area contributed by atoms with Gasteiger partial charge in [0.2, 0.25) is 0 Å². The zero-order chi connectivity index (χ0) is 15.7. The van der Waals surface area contributed by atoms with Gasteiger partial charge in [0.1, 0.15) is 11.6 Å². The van der Waals surface area contributed by atoms with Gasteiger partial charge in [-0.25, -0.2) is 0 Å². The van der Waals surface area contributed by atoms with Crippen LogP contribution in [0, 0.1) is 0 Å². The van der Waals surface area contributed by atoms with Gasteiger partial charge < -0.3 is 10.0 Å². The average molecular weight is 335 g/mol. The van der Waals surface area contributed by atoms with E-state index >= 15 is 0 Å². The Bertz CT molecular complexity index is 637. The molecule has 1 unspecified atom stereocenters. The molecule has 0 spiro atoms. The Morgan fingerprint density at radius 3 is 1.82 bits per heavy atom. The van der Waals surface area contributed by atoms with Crippen LogP contribution in [0.5, 0.6) is 0 Å². The van der Waals surface area contributed by atoms with E-state index in [4.69, 9.17) is 23.2 Å². The zero-order valence-corrected chi connectivity index (χ0v) is 13.6. The maximum atomic E-state index is 11.5. The van der Waals surface area contributed by atoms with Crippen molar-refractivity contribution in [2.24, 2.45) is 4.99 Å². The molecule has 1 N–H and O–H groups in total. The number of likely N-dealkylation sites (N-methyl/N-ethyl adjacent to an activating group) is 1. The van der Waals surface area contributed by atoms with E-state index in [1.807, 2.05) is 36.2 Å². The normalized spacial score (nSPS) is 18.0. The third kappa shape index (κ3) is 2.72. The first-order valence-electron chi connectivity index (χ1n) is 6.98. The van der Waals surface area contributed by atoms with E-state index in [1.54, 1.807) is 30.6 Å². The van der Waals surface area contributed by atoms with Crippen molar-refractivity contribution in [1.29, 1.82) is 0 Å².